The van der Waals surface area contributed by atoms with Crippen LogP contribution in [0.25, 0.3) is 0 Å². The van der Waals surface area contributed by atoms with Gasteiger partial charge in [-0.1, -0.05) is 12.1 Å². The summed E-state index contributed by atoms with van der Waals surface area (Å²) in [5.74, 6) is -1.51. The number of fused-ring (bicyclic) bond motifs is 1. The number of rotatable bonds is 2. The first-order valence-electron chi connectivity index (χ1n) is 6.16. The summed E-state index contributed by atoms with van der Waals surface area (Å²) in [5, 5.41) is 32.0. The quantitative estimate of drug-likeness (QED) is 0.493. The summed E-state index contributed by atoms with van der Waals surface area (Å²) in [4.78, 5) is 22.8. The lowest BCUT2D eigenvalue weighted by Gasteiger charge is -2.15. The van der Waals surface area contributed by atoms with Crippen LogP contribution in [-0.4, -0.2) is 27.5 Å². The molecular weight excluding hydrogens is 274 g/mol. The largest absolute Gasteiger partial charge is 0.507 e. The number of carbonyl (C=O) groups is 2. The van der Waals surface area contributed by atoms with Crippen molar-refractivity contribution in [3.63, 3.8) is 0 Å². The lowest BCUT2D eigenvalue weighted by Crippen LogP contribution is -2.20. The van der Waals surface area contributed by atoms with Crippen molar-refractivity contribution < 1.29 is 24.9 Å². The molecule has 0 fully saturated rings. The van der Waals surface area contributed by atoms with Gasteiger partial charge in [0.25, 0.3) is 5.91 Å². The van der Waals surface area contributed by atoms with Crippen molar-refractivity contribution in [2.24, 2.45) is 0 Å². The second kappa shape index (κ2) is 4.52. The van der Waals surface area contributed by atoms with E-state index in [-0.39, 0.29) is 22.4 Å². The van der Waals surface area contributed by atoms with E-state index in [9.17, 15) is 24.9 Å². The number of phenolic OH excluding ortho intramolecular Hbond substituents is 3. The third-order valence-electron chi connectivity index (χ3n) is 3.48. The monoisotopic (exact) mass is 285 g/mol. The predicted molar refractivity (Wildman–Crippen MR) is 72.6 cm³/mol. The molecule has 6 nitrogen and oxygen atoms in total. The van der Waals surface area contributed by atoms with Crippen molar-refractivity contribution >= 4 is 12.2 Å². The average molecular weight is 285 g/mol. The van der Waals surface area contributed by atoms with Crippen LogP contribution in [-0.2, 0) is 0 Å². The number of benzene rings is 2. The van der Waals surface area contributed by atoms with E-state index in [0.29, 0.717) is 11.8 Å². The molecule has 1 amide bonds. The van der Waals surface area contributed by atoms with Gasteiger partial charge in [-0.2, -0.15) is 0 Å². The Morgan fingerprint density at radius 2 is 1.81 bits per heavy atom. The molecule has 0 saturated heterocycles. The molecule has 3 rings (SSSR count). The molecule has 1 heterocycles. The van der Waals surface area contributed by atoms with Gasteiger partial charge in [-0.25, -0.2) is 0 Å². The van der Waals surface area contributed by atoms with Crippen LogP contribution in [0.2, 0.25) is 0 Å². The van der Waals surface area contributed by atoms with E-state index in [1.54, 1.807) is 12.1 Å². The van der Waals surface area contributed by atoms with E-state index >= 15 is 0 Å². The number of phenols is 3. The number of aromatic hydroxyl groups is 3. The lowest BCUT2D eigenvalue weighted by atomic mass is 9.95. The highest BCUT2D eigenvalue weighted by Crippen LogP contribution is 2.41. The third kappa shape index (κ3) is 1.88. The van der Waals surface area contributed by atoms with Crippen LogP contribution < -0.4 is 5.32 Å². The number of amides is 1. The topological polar surface area (TPSA) is 107 Å². The van der Waals surface area contributed by atoms with Crippen molar-refractivity contribution in [3.05, 3.63) is 52.6 Å². The van der Waals surface area contributed by atoms with Gasteiger partial charge in [-0.15, -0.1) is 0 Å². The Hall–Kier alpha value is -3.02. The van der Waals surface area contributed by atoms with E-state index in [0.717, 1.165) is 6.07 Å². The zero-order valence-electron chi connectivity index (χ0n) is 10.7. The van der Waals surface area contributed by atoms with Crippen LogP contribution >= 0.6 is 0 Å². The highest BCUT2D eigenvalue weighted by Gasteiger charge is 2.34. The van der Waals surface area contributed by atoms with Crippen molar-refractivity contribution in [1.29, 1.82) is 0 Å². The molecule has 1 aliphatic rings. The molecule has 0 aliphatic carbocycles. The van der Waals surface area contributed by atoms with Gasteiger partial charge < -0.3 is 20.6 Å². The van der Waals surface area contributed by atoms with Gasteiger partial charge in [0.15, 0.2) is 11.5 Å². The number of nitrogens with one attached hydrogen (secondary N) is 1. The lowest BCUT2D eigenvalue weighted by molar-refractivity contribution is 0.0958. The summed E-state index contributed by atoms with van der Waals surface area (Å²) in [5.41, 5.74) is 0.952. The predicted octanol–water partition coefficient (Wildman–Crippen LogP) is 1.45. The Balaban J connectivity index is 2.21. The maximum atomic E-state index is 11.9. The minimum atomic E-state index is -0.745. The third-order valence-corrected chi connectivity index (χ3v) is 3.48. The highest BCUT2D eigenvalue weighted by molar-refractivity contribution is 6.02. The summed E-state index contributed by atoms with van der Waals surface area (Å²) in [6, 6.07) is 6.35. The fraction of sp³-hybridized carbons (Fsp3) is 0.0667. The number of hydrogen-bond donors (Lipinski definition) is 4. The van der Waals surface area contributed by atoms with Crippen LogP contribution in [0.1, 0.15) is 37.9 Å². The molecule has 0 spiro atoms. The molecule has 4 N–H and O–H groups in total. The summed E-state index contributed by atoms with van der Waals surface area (Å²) in [6.45, 7) is 0. The molecule has 0 saturated carbocycles. The molecule has 1 atom stereocenters. The first kappa shape index (κ1) is 13.0. The Morgan fingerprint density at radius 1 is 1.05 bits per heavy atom. The van der Waals surface area contributed by atoms with Gasteiger partial charge in [0.05, 0.1) is 11.6 Å². The molecule has 6 heteroatoms. The van der Waals surface area contributed by atoms with Gasteiger partial charge in [0, 0.05) is 11.1 Å². The van der Waals surface area contributed by atoms with Crippen molar-refractivity contribution in [3.8, 4) is 17.2 Å². The standard InChI is InChI=1S/C15H11NO5/c17-6-7-4-9(14(20)11(19)5-7)13-8-2-1-3-10(18)12(8)15(21)16-13/h1-6,13,18-20H,(H,16,21)/t13-/m0/s1. The first-order valence-corrected chi connectivity index (χ1v) is 6.16. The summed E-state index contributed by atoms with van der Waals surface area (Å²) < 4.78 is 0. The SMILES string of the molecule is O=Cc1cc(O)c(O)c([C@H]2NC(=O)c3c(O)cccc32)c1. The fourth-order valence-electron chi connectivity index (χ4n) is 2.52. The Bertz CT molecular complexity index is 769. The van der Waals surface area contributed by atoms with Gasteiger partial charge in [0.1, 0.15) is 12.0 Å². The van der Waals surface area contributed by atoms with Crippen LogP contribution in [0.15, 0.2) is 30.3 Å². The summed E-state index contributed by atoms with van der Waals surface area (Å²) >= 11 is 0. The average Bonchev–Trinajstić information content (AvgIpc) is 2.80. The van der Waals surface area contributed by atoms with E-state index in [2.05, 4.69) is 5.32 Å². The second-order valence-corrected chi connectivity index (χ2v) is 4.74. The Kier molecular flexibility index (Phi) is 2.79. The molecule has 0 aromatic heterocycles. The van der Waals surface area contributed by atoms with E-state index in [4.69, 9.17) is 0 Å². The molecule has 0 unspecified atom stereocenters. The highest BCUT2D eigenvalue weighted by atomic mass is 16.3. The zero-order chi connectivity index (χ0) is 15.1. The molecule has 1 aliphatic heterocycles. The van der Waals surface area contributed by atoms with Gasteiger partial charge in [0.2, 0.25) is 0 Å². The number of aldehydes is 1. The second-order valence-electron chi connectivity index (χ2n) is 4.74. The van der Waals surface area contributed by atoms with Crippen LogP contribution in [0.3, 0.4) is 0 Å². The minimum Gasteiger partial charge on any atom is -0.507 e. The zero-order valence-corrected chi connectivity index (χ0v) is 10.7. The van der Waals surface area contributed by atoms with Crippen molar-refractivity contribution in [2.75, 3.05) is 0 Å². The van der Waals surface area contributed by atoms with Crippen LogP contribution in [0, 0.1) is 0 Å². The van der Waals surface area contributed by atoms with Crippen LogP contribution in [0.5, 0.6) is 17.2 Å². The number of hydrogen-bond acceptors (Lipinski definition) is 5. The minimum absolute atomic E-state index is 0.123. The summed E-state index contributed by atoms with van der Waals surface area (Å²) in [7, 11) is 0. The molecule has 2 aromatic rings. The Labute approximate surface area is 119 Å². The molecule has 0 bridgehead atoms. The van der Waals surface area contributed by atoms with E-state index in [1.807, 2.05) is 0 Å². The smallest absolute Gasteiger partial charge is 0.256 e. The first-order chi connectivity index (χ1) is 10.0. The molecule has 21 heavy (non-hydrogen) atoms. The fourth-order valence-corrected chi connectivity index (χ4v) is 2.52. The van der Waals surface area contributed by atoms with Crippen molar-refractivity contribution in [1.82, 2.24) is 5.32 Å². The molecular formula is C15H11NO5. The van der Waals surface area contributed by atoms with E-state index in [1.165, 1.54) is 12.1 Å². The van der Waals surface area contributed by atoms with Crippen LogP contribution in [0.4, 0.5) is 0 Å². The van der Waals surface area contributed by atoms with Crippen molar-refractivity contribution in [2.45, 2.75) is 6.04 Å². The maximum absolute atomic E-state index is 11.9. The normalized spacial score (nSPS) is 16.4. The number of carbonyl (C=O) groups excluding carboxylic acids is 2. The van der Waals surface area contributed by atoms with Gasteiger partial charge >= 0.3 is 0 Å². The molecule has 2 aromatic carbocycles. The Morgan fingerprint density at radius 3 is 2.52 bits per heavy atom. The summed E-state index contributed by atoms with van der Waals surface area (Å²) in [6.07, 6.45) is 0.531. The van der Waals surface area contributed by atoms with Gasteiger partial charge in [-0.05, 0) is 23.8 Å². The molecule has 106 valence electrons. The maximum Gasteiger partial charge on any atom is 0.256 e. The van der Waals surface area contributed by atoms with E-state index < -0.39 is 23.4 Å². The molecule has 0 radical (unpaired) electrons. The van der Waals surface area contributed by atoms with Gasteiger partial charge in [-0.3, -0.25) is 9.59 Å².